The van der Waals surface area contributed by atoms with Crippen LogP contribution in [0.1, 0.15) is 39.2 Å². The Labute approximate surface area is 162 Å². The average molecular weight is 451 g/mol. The maximum atomic E-state index is 12.9. The molecule has 0 fully saturated rings. The molecule has 0 bridgehead atoms. The fourth-order valence-corrected chi connectivity index (χ4v) is 2.50. The monoisotopic (exact) mass is 451 g/mol. The van der Waals surface area contributed by atoms with Gasteiger partial charge in [0, 0.05) is 19.7 Å². The van der Waals surface area contributed by atoms with Gasteiger partial charge in [-0.1, -0.05) is 26.0 Å². The van der Waals surface area contributed by atoms with E-state index in [1.807, 2.05) is 6.92 Å². The van der Waals surface area contributed by atoms with E-state index in [0.29, 0.717) is 18.4 Å². The Kier molecular flexibility index (Phi) is 12.9. The van der Waals surface area contributed by atoms with Crippen LogP contribution in [0, 0.1) is 17.7 Å². The smallest absolute Gasteiger partial charge is 0.191 e. The summed E-state index contributed by atoms with van der Waals surface area (Å²) in [5.41, 5.74) is 0.970. The first-order valence-electron chi connectivity index (χ1n) is 8.42. The lowest BCUT2D eigenvalue weighted by atomic mass is 9.94. The van der Waals surface area contributed by atoms with Crippen molar-refractivity contribution in [1.29, 1.82) is 0 Å². The predicted octanol–water partition coefficient (Wildman–Crippen LogP) is 3.54. The molecular formula is C18H31FIN3O. The van der Waals surface area contributed by atoms with Crippen LogP contribution in [-0.2, 0) is 6.54 Å². The highest BCUT2D eigenvalue weighted by atomic mass is 127. The summed E-state index contributed by atoms with van der Waals surface area (Å²) in [5, 5.41) is 15.8. The van der Waals surface area contributed by atoms with Crippen LogP contribution in [-0.4, -0.2) is 30.8 Å². The summed E-state index contributed by atoms with van der Waals surface area (Å²) in [4.78, 5) is 4.53. The van der Waals surface area contributed by atoms with Crippen LogP contribution in [0.25, 0.3) is 0 Å². The van der Waals surface area contributed by atoms with E-state index in [0.717, 1.165) is 37.5 Å². The molecule has 24 heavy (non-hydrogen) atoms. The highest BCUT2D eigenvalue weighted by Gasteiger charge is 2.11. The standard InChI is InChI=1S/C18H30FN3O.HI/c1-4-20-18(21-12-15-5-7-17(19)8-6-15)22-13-16(9-10-23)11-14(2)3;/h5-8,14,16,23H,4,9-13H2,1-3H3,(H2,20,21,22);1H. The van der Waals surface area contributed by atoms with Crippen LogP contribution in [0.5, 0.6) is 0 Å². The Hall–Kier alpha value is -0.890. The molecule has 0 saturated carbocycles. The first-order chi connectivity index (χ1) is 11.0. The molecule has 1 aromatic rings. The number of benzene rings is 1. The molecule has 0 aromatic heterocycles. The summed E-state index contributed by atoms with van der Waals surface area (Å²) >= 11 is 0. The van der Waals surface area contributed by atoms with Gasteiger partial charge in [-0.2, -0.15) is 0 Å². The van der Waals surface area contributed by atoms with Crippen molar-refractivity contribution < 1.29 is 9.50 Å². The lowest BCUT2D eigenvalue weighted by molar-refractivity contribution is 0.243. The lowest BCUT2D eigenvalue weighted by Gasteiger charge is -2.20. The number of rotatable bonds is 9. The van der Waals surface area contributed by atoms with Crippen LogP contribution in [0.15, 0.2) is 29.3 Å². The molecule has 0 aliphatic rings. The number of hydrogen-bond acceptors (Lipinski definition) is 2. The zero-order valence-corrected chi connectivity index (χ0v) is 17.2. The maximum Gasteiger partial charge on any atom is 0.191 e. The number of nitrogens with zero attached hydrogens (tertiary/aromatic N) is 1. The van der Waals surface area contributed by atoms with E-state index in [9.17, 15) is 9.50 Å². The van der Waals surface area contributed by atoms with Gasteiger partial charge in [-0.3, -0.25) is 0 Å². The number of halogens is 2. The first kappa shape index (κ1) is 23.1. The van der Waals surface area contributed by atoms with Crippen molar-refractivity contribution in [3.05, 3.63) is 35.6 Å². The molecule has 0 aliphatic carbocycles. The Morgan fingerprint density at radius 2 is 1.88 bits per heavy atom. The van der Waals surface area contributed by atoms with E-state index in [1.54, 1.807) is 12.1 Å². The van der Waals surface area contributed by atoms with E-state index >= 15 is 0 Å². The highest BCUT2D eigenvalue weighted by molar-refractivity contribution is 14.0. The largest absolute Gasteiger partial charge is 0.396 e. The van der Waals surface area contributed by atoms with Gasteiger partial charge in [0.15, 0.2) is 5.96 Å². The second kappa shape index (κ2) is 13.4. The van der Waals surface area contributed by atoms with Crippen molar-refractivity contribution in [2.75, 3.05) is 19.7 Å². The van der Waals surface area contributed by atoms with E-state index in [1.165, 1.54) is 12.1 Å². The van der Waals surface area contributed by atoms with Gasteiger partial charge in [0.2, 0.25) is 0 Å². The fourth-order valence-electron chi connectivity index (χ4n) is 2.50. The van der Waals surface area contributed by atoms with Crippen molar-refractivity contribution in [2.45, 2.75) is 40.2 Å². The quantitative estimate of drug-likeness (QED) is 0.306. The maximum absolute atomic E-state index is 12.9. The van der Waals surface area contributed by atoms with Crippen molar-refractivity contribution in [2.24, 2.45) is 16.8 Å². The number of aliphatic hydroxyl groups is 1. The van der Waals surface area contributed by atoms with Gasteiger partial charge in [-0.05, 0) is 49.3 Å². The molecule has 0 spiro atoms. The lowest BCUT2D eigenvalue weighted by Crippen LogP contribution is -2.40. The third-order valence-electron chi connectivity index (χ3n) is 3.58. The second-order valence-corrected chi connectivity index (χ2v) is 6.21. The third kappa shape index (κ3) is 10.1. The van der Waals surface area contributed by atoms with Crippen LogP contribution < -0.4 is 10.6 Å². The van der Waals surface area contributed by atoms with Crippen LogP contribution in [0.4, 0.5) is 4.39 Å². The molecule has 4 nitrogen and oxygen atoms in total. The highest BCUT2D eigenvalue weighted by Crippen LogP contribution is 2.14. The predicted molar refractivity (Wildman–Crippen MR) is 109 cm³/mol. The molecule has 0 heterocycles. The minimum absolute atomic E-state index is 0. The summed E-state index contributed by atoms with van der Waals surface area (Å²) in [6.07, 6.45) is 1.87. The fraction of sp³-hybridized carbons (Fsp3) is 0.611. The molecular weight excluding hydrogens is 420 g/mol. The minimum atomic E-state index is -0.233. The molecule has 1 rings (SSSR count). The van der Waals surface area contributed by atoms with Crippen LogP contribution >= 0.6 is 24.0 Å². The number of aliphatic imine (C=N–C) groups is 1. The van der Waals surface area contributed by atoms with Crippen molar-refractivity contribution in [3.8, 4) is 0 Å². The minimum Gasteiger partial charge on any atom is -0.396 e. The molecule has 0 saturated heterocycles. The number of nitrogens with one attached hydrogen (secondary N) is 2. The summed E-state index contributed by atoms with van der Waals surface area (Å²) in [6.45, 7) is 8.69. The van der Waals surface area contributed by atoms with Gasteiger partial charge < -0.3 is 15.7 Å². The molecule has 1 aromatic carbocycles. The SMILES string of the molecule is CCNC(=NCc1ccc(F)cc1)NCC(CCO)CC(C)C.I. The normalized spacial score (nSPS) is 12.7. The van der Waals surface area contributed by atoms with Crippen LogP contribution in [0.2, 0.25) is 0 Å². The van der Waals surface area contributed by atoms with E-state index in [-0.39, 0.29) is 36.4 Å². The zero-order valence-electron chi connectivity index (χ0n) is 14.9. The first-order valence-corrected chi connectivity index (χ1v) is 8.42. The van der Waals surface area contributed by atoms with E-state index < -0.39 is 0 Å². The summed E-state index contributed by atoms with van der Waals surface area (Å²) in [6, 6.07) is 6.39. The van der Waals surface area contributed by atoms with Gasteiger partial charge in [-0.25, -0.2) is 9.38 Å². The average Bonchev–Trinajstić information content (AvgIpc) is 2.51. The zero-order chi connectivity index (χ0) is 17.1. The summed E-state index contributed by atoms with van der Waals surface area (Å²) in [5.74, 6) is 1.55. The van der Waals surface area contributed by atoms with E-state index in [4.69, 9.17) is 0 Å². The van der Waals surface area contributed by atoms with Crippen LogP contribution in [0.3, 0.4) is 0 Å². The van der Waals surface area contributed by atoms with Crippen molar-refractivity contribution in [1.82, 2.24) is 10.6 Å². The topological polar surface area (TPSA) is 56.7 Å². The molecule has 1 unspecified atom stereocenters. The van der Waals surface area contributed by atoms with E-state index in [2.05, 4.69) is 29.5 Å². The molecule has 1 atom stereocenters. The molecule has 0 aliphatic heterocycles. The Morgan fingerprint density at radius 3 is 2.42 bits per heavy atom. The molecule has 138 valence electrons. The number of guanidine groups is 1. The summed E-state index contributed by atoms with van der Waals surface area (Å²) in [7, 11) is 0. The van der Waals surface area contributed by atoms with Gasteiger partial charge in [0.25, 0.3) is 0 Å². The van der Waals surface area contributed by atoms with Gasteiger partial charge in [0.05, 0.1) is 6.54 Å². The Morgan fingerprint density at radius 1 is 1.21 bits per heavy atom. The second-order valence-electron chi connectivity index (χ2n) is 6.21. The van der Waals surface area contributed by atoms with Gasteiger partial charge >= 0.3 is 0 Å². The van der Waals surface area contributed by atoms with Crippen molar-refractivity contribution >= 4 is 29.9 Å². The summed E-state index contributed by atoms with van der Waals surface area (Å²) < 4.78 is 12.9. The molecule has 6 heteroatoms. The molecule has 3 N–H and O–H groups in total. The Bertz CT molecular complexity index is 466. The molecule has 0 radical (unpaired) electrons. The van der Waals surface area contributed by atoms with Crippen molar-refractivity contribution in [3.63, 3.8) is 0 Å². The van der Waals surface area contributed by atoms with Gasteiger partial charge in [-0.15, -0.1) is 24.0 Å². The third-order valence-corrected chi connectivity index (χ3v) is 3.58. The van der Waals surface area contributed by atoms with Gasteiger partial charge in [0.1, 0.15) is 5.82 Å². The Balaban J connectivity index is 0.00000529. The number of aliphatic hydroxyl groups excluding tert-OH is 1. The number of hydrogen-bond donors (Lipinski definition) is 3. The molecule has 0 amide bonds.